The molecule has 1 heterocycles. The van der Waals surface area contributed by atoms with Crippen molar-refractivity contribution in [3.05, 3.63) is 29.8 Å². The van der Waals surface area contributed by atoms with E-state index < -0.39 is 23.9 Å². The fourth-order valence-corrected chi connectivity index (χ4v) is 2.84. The first-order chi connectivity index (χ1) is 9.95. The van der Waals surface area contributed by atoms with Gasteiger partial charge in [0.2, 0.25) is 0 Å². The van der Waals surface area contributed by atoms with Crippen LogP contribution in [0.4, 0.5) is 0 Å². The number of benzene rings is 1. The number of Topliss-reactive ketones (excluding diaryl/α,β-unsaturated/α-hetero) is 2. The zero-order valence-corrected chi connectivity index (χ0v) is 12.3. The molecule has 1 aromatic carbocycles. The van der Waals surface area contributed by atoms with Crippen molar-refractivity contribution in [1.82, 2.24) is 0 Å². The number of hydrogen-bond donors (Lipinski definition) is 0. The smallest absolute Gasteiger partial charge is 0.316 e. The number of carbonyl (C=O) groups excluding carboxylic acids is 3. The molecule has 0 spiro atoms. The average molecular weight is 290 g/mol. The number of hydrogen-bond acceptors (Lipinski definition) is 5. The molecule has 1 aliphatic heterocycles. The lowest BCUT2D eigenvalue weighted by Gasteiger charge is -2.23. The van der Waals surface area contributed by atoms with Gasteiger partial charge in [-0.3, -0.25) is 14.4 Å². The van der Waals surface area contributed by atoms with E-state index in [-0.39, 0.29) is 18.0 Å². The van der Waals surface area contributed by atoms with Gasteiger partial charge in [0.25, 0.3) is 0 Å². The van der Waals surface area contributed by atoms with Crippen LogP contribution in [0.2, 0.25) is 0 Å². The molecule has 0 bridgehead atoms. The molecular formula is C16H18O5. The normalized spacial score (nSPS) is 21.1. The van der Waals surface area contributed by atoms with Crippen molar-refractivity contribution in [2.24, 2.45) is 5.92 Å². The lowest BCUT2D eigenvalue weighted by atomic mass is 9.79. The molecule has 1 aliphatic rings. The number of ketones is 2. The van der Waals surface area contributed by atoms with Gasteiger partial charge < -0.3 is 9.47 Å². The lowest BCUT2D eigenvalue weighted by Crippen LogP contribution is -2.36. The van der Waals surface area contributed by atoms with Gasteiger partial charge in [-0.15, -0.1) is 0 Å². The van der Waals surface area contributed by atoms with Crippen molar-refractivity contribution in [2.75, 3.05) is 7.11 Å². The van der Waals surface area contributed by atoms with Crippen LogP contribution in [0.3, 0.4) is 0 Å². The molecule has 21 heavy (non-hydrogen) atoms. The topological polar surface area (TPSA) is 69.7 Å². The number of carbonyl (C=O) groups is 3. The predicted molar refractivity (Wildman–Crippen MR) is 75.1 cm³/mol. The van der Waals surface area contributed by atoms with Crippen molar-refractivity contribution in [3.8, 4) is 5.75 Å². The molecule has 3 atom stereocenters. The Morgan fingerprint density at radius 1 is 1.24 bits per heavy atom. The van der Waals surface area contributed by atoms with Crippen LogP contribution in [0.15, 0.2) is 24.3 Å². The van der Waals surface area contributed by atoms with Gasteiger partial charge in [0.15, 0.2) is 0 Å². The summed E-state index contributed by atoms with van der Waals surface area (Å²) in [5.74, 6) is -1.77. The summed E-state index contributed by atoms with van der Waals surface area (Å²) in [6, 6.07) is 7.22. The molecule has 5 heteroatoms. The van der Waals surface area contributed by atoms with E-state index in [1.807, 2.05) is 18.2 Å². The largest absolute Gasteiger partial charge is 0.489 e. The van der Waals surface area contributed by atoms with Crippen LogP contribution in [-0.4, -0.2) is 30.7 Å². The summed E-state index contributed by atoms with van der Waals surface area (Å²) in [7, 11) is 1.25. The van der Waals surface area contributed by atoms with Gasteiger partial charge in [-0.05, 0) is 19.9 Å². The second kappa shape index (κ2) is 6.08. The molecule has 0 aliphatic carbocycles. The Hall–Kier alpha value is -2.17. The van der Waals surface area contributed by atoms with Gasteiger partial charge in [0.1, 0.15) is 29.3 Å². The Morgan fingerprint density at radius 2 is 1.90 bits per heavy atom. The minimum Gasteiger partial charge on any atom is -0.489 e. The van der Waals surface area contributed by atoms with Crippen molar-refractivity contribution in [3.63, 3.8) is 0 Å². The van der Waals surface area contributed by atoms with E-state index in [0.29, 0.717) is 5.75 Å². The minimum absolute atomic E-state index is 0.0510. The van der Waals surface area contributed by atoms with Crippen LogP contribution in [0.25, 0.3) is 0 Å². The van der Waals surface area contributed by atoms with Crippen molar-refractivity contribution < 1.29 is 23.9 Å². The highest BCUT2D eigenvalue weighted by atomic mass is 16.5. The number of para-hydroxylation sites is 1. The van der Waals surface area contributed by atoms with Crippen LogP contribution in [0.1, 0.15) is 31.7 Å². The molecule has 0 aromatic heterocycles. The summed E-state index contributed by atoms with van der Waals surface area (Å²) < 4.78 is 10.5. The Bertz CT molecular complexity index is 578. The summed E-state index contributed by atoms with van der Waals surface area (Å²) in [6.07, 6.45) is -0.368. The quantitative estimate of drug-likeness (QED) is 0.612. The molecule has 0 amide bonds. The third-order valence-corrected chi connectivity index (χ3v) is 3.70. The van der Waals surface area contributed by atoms with E-state index >= 15 is 0 Å². The molecule has 0 saturated carbocycles. The van der Waals surface area contributed by atoms with Gasteiger partial charge in [-0.1, -0.05) is 18.2 Å². The van der Waals surface area contributed by atoms with Crippen molar-refractivity contribution in [2.45, 2.75) is 32.3 Å². The van der Waals surface area contributed by atoms with Gasteiger partial charge >= 0.3 is 5.97 Å². The Morgan fingerprint density at radius 3 is 2.48 bits per heavy atom. The monoisotopic (exact) mass is 290 g/mol. The molecule has 5 nitrogen and oxygen atoms in total. The highest BCUT2D eigenvalue weighted by molar-refractivity contribution is 5.99. The minimum atomic E-state index is -0.956. The van der Waals surface area contributed by atoms with Gasteiger partial charge in [-0.25, -0.2) is 0 Å². The maximum Gasteiger partial charge on any atom is 0.316 e. The third kappa shape index (κ3) is 2.96. The number of esters is 1. The van der Waals surface area contributed by atoms with Crippen molar-refractivity contribution in [1.29, 1.82) is 0 Å². The summed E-state index contributed by atoms with van der Waals surface area (Å²) in [4.78, 5) is 35.4. The van der Waals surface area contributed by atoms with Gasteiger partial charge in [-0.2, -0.15) is 0 Å². The second-order valence-electron chi connectivity index (χ2n) is 5.24. The highest BCUT2D eigenvalue weighted by Crippen LogP contribution is 2.44. The molecule has 0 saturated heterocycles. The first-order valence-corrected chi connectivity index (χ1v) is 6.79. The van der Waals surface area contributed by atoms with E-state index in [9.17, 15) is 14.4 Å². The average Bonchev–Trinajstić information content (AvgIpc) is 2.76. The Labute approximate surface area is 123 Å². The summed E-state index contributed by atoms with van der Waals surface area (Å²) >= 11 is 0. The third-order valence-electron chi connectivity index (χ3n) is 3.70. The maximum absolute atomic E-state index is 12.0. The number of fused-ring (bicyclic) bond motifs is 1. The molecule has 0 fully saturated rings. The molecular weight excluding hydrogens is 272 g/mol. The van der Waals surface area contributed by atoms with E-state index in [4.69, 9.17) is 9.47 Å². The Kier molecular flexibility index (Phi) is 4.40. The number of rotatable bonds is 5. The summed E-state index contributed by atoms with van der Waals surface area (Å²) in [5.41, 5.74) is 0.773. The second-order valence-corrected chi connectivity index (χ2v) is 5.24. The van der Waals surface area contributed by atoms with Crippen LogP contribution in [0.5, 0.6) is 5.75 Å². The molecule has 2 rings (SSSR count). The molecule has 0 radical (unpaired) electrons. The first kappa shape index (κ1) is 15.2. The van der Waals surface area contributed by atoms with Crippen LogP contribution < -0.4 is 4.74 Å². The fourth-order valence-electron chi connectivity index (χ4n) is 2.84. The predicted octanol–water partition coefficient (Wildman–Crippen LogP) is 1.89. The van der Waals surface area contributed by atoms with Crippen LogP contribution in [-0.2, 0) is 19.1 Å². The molecule has 112 valence electrons. The molecule has 0 N–H and O–H groups in total. The van der Waals surface area contributed by atoms with E-state index in [0.717, 1.165) is 5.56 Å². The van der Waals surface area contributed by atoms with Gasteiger partial charge in [0, 0.05) is 17.9 Å². The fraction of sp³-hybridized carbons (Fsp3) is 0.438. The first-order valence-electron chi connectivity index (χ1n) is 6.79. The number of methoxy groups -OCH3 is 1. The van der Waals surface area contributed by atoms with Crippen LogP contribution in [0, 0.1) is 5.92 Å². The summed E-state index contributed by atoms with van der Waals surface area (Å²) in [6.45, 7) is 2.82. The maximum atomic E-state index is 12.0. The van der Waals surface area contributed by atoms with E-state index in [2.05, 4.69) is 0 Å². The Balaban J connectivity index is 2.45. The van der Waals surface area contributed by atoms with E-state index in [1.165, 1.54) is 21.0 Å². The standard InChI is InChI=1S/C16H18O5/c1-9(17)8-13-15(14(10(2)18)16(19)20-3)11-6-4-5-7-12(11)21-13/h4-7,13-15H,8H2,1-3H3. The highest BCUT2D eigenvalue weighted by Gasteiger charge is 2.45. The molecule has 3 unspecified atom stereocenters. The zero-order valence-electron chi connectivity index (χ0n) is 12.3. The van der Waals surface area contributed by atoms with Gasteiger partial charge in [0.05, 0.1) is 7.11 Å². The SMILES string of the molecule is COC(=O)C(C(C)=O)C1c2ccccc2OC1CC(C)=O. The number of ether oxygens (including phenoxy) is 2. The van der Waals surface area contributed by atoms with E-state index in [1.54, 1.807) is 6.07 Å². The lowest BCUT2D eigenvalue weighted by molar-refractivity contribution is -0.151. The molecule has 1 aromatic rings. The van der Waals surface area contributed by atoms with Crippen LogP contribution >= 0.6 is 0 Å². The summed E-state index contributed by atoms with van der Waals surface area (Å²) in [5, 5.41) is 0. The zero-order chi connectivity index (χ0) is 15.6. The van der Waals surface area contributed by atoms with Crippen molar-refractivity contribution >= 4 is 17.5 Å².